The second-order valence-electron chi connectivity index (χ2n) is 6.36. The molecule has 0 atom stereocenters. The van der Waals surface area contributed by atoms with Crippen LogP contribution in [0.2, 0.25) is 0 Å². The molecule has 0 radical (unpaired) electrons. The van der Waals surface area contributed by atoms with E-state index in [1.165, 1.54) is 19.4 Å². The van der Waals surface area contributed by atoms with E-state index >= 15 is 0 Å². The molecule has 1 aliphatic rings. The second kappa shape index (κ2) is 9.28. The number of carbonyl (C=O) groups excluding carboxylic acids is 1. The first kappa shape index (κ1) is 19.8. The van der Waals surface area contributed by atoms with Crippen molar-refractivity contribution in [2.45, 2.75) is 6.29 Å². The summed E-state index contributed by atoms with van der Waals surface area (Å²) in [6.07, 6.45) is 4.54. The predicted molar refractivity (Wildman–Crippen MR) is 104 cm³/mol. The summed E-state index contributed by atoms with van der Waals surface area (Å²) in [6.45, 7) is 2.46. The molecule has 8 heteroatoms. The molecule has 0 spiro atoms. The quantitative estimate of drug-likeness (QED) is 0.731. The molecule has 2 heterocycles. The first-order valence-corrected chi connectivity index (χ1v) is 8.86. The van der Waals surface area contributed by atoms with Crippen molar-refractivity contribution >= 4 is 22.5 Å². The van der Waals surface area contributed by atoms with Crippen molar-refractivity contribution in [3.05, 3.63) is 42.1 Å². The summed E-state index contributed by atoms with van der Waals surface area (Å²) >= 11 is 0. The highest BCUT2D eigenvalue weighted by atomic mass is 16.7. The number of methoxy groups -OCH3 is 1. The smallest absolute Gasteiger partial charge is 0.248 e. The highest BCUT2D eigenvalue weighted by molar-refractivity contribution is 6.02. The van der Waals surface area contributed by atoms with Crippen LogP contribution in [0.1, 0.15) is 5.56 Å². The predicted octanol–water partition coefficient (Wildman–Crippen LogP) is 1.91. The molecule has 146 valence electrons. The zero-order valence-corrected chi connectivity index (χ0v) is 15.8. The van der Waals surface area contributed by atoms with Gasteiger partial charge in [-0.05, 0) is 19.2 Å². The first-order valence-electron chi connectivity index (χ1n) is 8.86. The molecule has 1 saturated heterocycles. The van der Waals surface area contributed by atoms with Crippen LogP contribution in [-0.2, 0) is 14.3 Å². The highest BCUT2D eigenvalue weighted by Crippen LogP contribution is 2.29. The van der Waals surface area contributed by atoms with Crippen molar-refractivity contribution in [2.75, 3.05) is 45.8 Å². The molecule has 1 aliphatic heterocycles. The van der Waals surface area contributed by atoms with Crippen molar-refractivity contribution < 1.29 is 19.0 Å². The van der Waals surface area contributed by atoms with E-state index in [1.807, 2.05) is 11.9 Å². The molecular weight excluding hydrogens is 360 g/mol. The monoisotopic (exact) mass is 382 g/mol. The maximum absolute atomic E-state index is 12.3. The Hall–Kier alpha value is -2.99. The van der Waals surface area contributed by atoms with E-state index in [9.17, 15) is 4.79 Å². The molecule has 3 rings (SSSR count). The number of fused-ring (bicyclic) bond motifs is 1. The number of nitrogens with one attached hydrogen (secondary N) is 1. The van der Waals surface area contributed by atoms with Gasteiger partial charge in [-0.3, -0.25) is 14.7 Å². The molecule has 0 unspecified atom stereocenters. The topological polar surface area (TPSA) is 96.7 Å². The molecule has 1 fully saturated rings. The highest BCUT2D eigenvalue weighted by Gasteiger charge is 2.17. The fraction of sp³-hybridized carbons (Fsp3) is 0.350. The largest absolute Gasteiger partial charge is 0.494 e. The number of pyridine rings is 1. The van der Waals surface area contributed by atoms with Gasteiger partial charge in [-0.1, -0.05) is 6.08 Å². The number of hydrogen-bond donors (Lipinski definition) is 1. The molecule has 8 nitrogen and oxygen atoms in total. The lowest BCUT2D eigenvalue weighted by atomic mass is 10.1. The Morgan fingerprint density at radius 3 is 2.93 bits per heavy atom. The number of amides is 1. The third kappa shape index (κ3) is 5.04. The third-order valence-electron chi connectivity index (χ3n) is 4.23. The van der Waals surface area contributed by atoms with E-state index in [0.717, 1.165) is 5.39 Å². The van der Waals surface area contributed by atoms with Crippen molar-refractivity contribution in [3.8, 4) is 11.8 Å². The van der Waals surface area contributed by atoms with Crippen LogP contribution in [0.4, 0.5) is 5.69 Å². The van der Waals surface area contributed by atoms with Gasteiger partial charge in [0.05, 0.1) is 37.1 Å². The minimum atomic E-state index is -0.274. The first-order chi connectivity index (χ1) is 13.6. The van der Waals surface area contributed by atoms with Gasteiger partial charge in [0.2, 0.25) is 5.91 Å². The van der Waals surface area contributed by atoms with Crippen molar-refractivity contribution in [2.24, 2.45) is 0 Å². The van der Waals surface area contributed by atoms with Crippen molar-refractivity contribution in [1.82, 2.24) is 9.88 Å². The van der Waals surface area contributed by atoms with Crippen LogP contribution in [0.15, 0.2) is 36.5 Å². The standard InChI is InChI=1S/C20H22N4O4/c1-24(13-20-27-6-7-28-20)5-3-4-19(25)23-17-9-15-8-14(11-21)12-22-16(15)10-18(17)26-2/h3-4,8-10,12,20H,5-7,13H2,1-2H3,(H,23,25). The number of carbonyl (C=O) groups is 1. The fourth-order valence-corrected chi connectivity index (χ4v) is 2.84. The van der Waals surface area contributed by atoms with Gasteiger partial charge in [0, 0.05) is 36.8 Å². The van der Waals surface area contributed by atoms with Gasteiger partial charge in [-0.2, -0.15) is 5.26 Å². The maximum atomic E-state index is 12.3. The summed E-state index contributed by atoms with van der Waals surface area (Å²) in [7, 11) is 3.46. The fourth-order valence-electron chi connectivity index (χ4n) is 2.84. The van der Waals surface area contributed by atoms with Gasteiger partial charge >= 0.3 is 0 Å². The molecule has 28 heavy (non-hydrogen) atoms. The lowest BCUT2D eigenvalue weighted by Crippen LogP contribution is -2.30. The van der Waals surface area contributed by atoms with E-state index in [1.54, 1.807) is 24.3 Å². The number of benzene rings is 1. The average molecular weight is 382 g/mol. The Labute approximate surface area is 163 Å². The molecule has 2 aromatic rings. The number of hydrogen-bond acceptors (Lipinski definition) is 7. The van der Waals surface area contributed by atoms with E-state index in [0.29, 0.717) is 48.8 Å². The number of rotatable bonds is 7. The van der Waals surface area contributed by atoms with Crippen molar-refractivity contribution in [3.63, 3.8) is 0 Å². The van der Waals surface area contributed by atoms with Crippen LogP contribution < -0.4 is 10.1 Å². The molecule has 1 aromatic carbocycles. The number of ether oxygens (including phenoxy) is 3. The number of aromatic nitrogens is 1. The van der Waals surface area contributed by atoms with Gasteiger partial charge in [-0.15, -0.1) is 0 Å². The summed E-state index contributed by atoms with van der Waals surface area (Å²) in [5, 5.41) is 12.6. The number of nitrogens with zero attached hydrogens (tertiary/aromatic N) is 3. The lowest BCUT2D eigenvalue weighted by molar-refractivity contribution is -0.111. The zero-order valence-electron chi connectivity index (χ0n) is 15.8. The maximum Gasteiger partial charge on any atom is 0.248 e. The molecular formula is C20H22N4O4. The van der Waals surface area contributed by atoms with Gasteiger partial charge in [0.25, 0.3) is 0 Å². The number of anilines is 1. The van der Waals surface area contributed by atoms with E-state index in [4.69, 9.17) is 19.5 Å². The Morgan fingerprint density at radius 2 is 2.21 bits per heavy atom. The van der Waals surface area contributed by atoms with Gasteiger partial charge in [-0.25, -0.2) is 0 Å². The lowest BCUT2D eigenvalue weighted by Gasteiger charge is -2.17. The van der Waals surface area contributed by atoms with Crippen LogP contribution in [0.25, 0.3) is 10.9 Å². The normalized spacial score (nSPS) is 14.6. The minimum absolute atomic E-state index is 0.207. The van der Waals surface area contributed by atoms with Gasteiger partial charge in [0.15, 0.2) is 6.29 Å². The Morgan fingerprint density at radius 1 is 1.43 bits per heavy atom. The minimum Gasteiger partial charge on any atom is -0.494 e. The van der Waals surface area contributed by atoms with Crippen molar-refractivity contribution in [1.29, 1.82) is 5.26 Å². The van der Waals surface area contributed by atoms with Gasteiger partial charge < -0.3 is 19.5 Å². The number of likely N-dealkylation sites (N-methyl/N-ethyl adjacent to an activating group) is 1. The van der Waals surface area contributed by atoms with E-state index < -0.39 is 0 Å². The zero-order chi connectivity index (χ0) is 19.9. The van der Waals surface area contributed by atoms with Crippen LogP contribution in [0.3, 0.4) is 0 Å². The Bertz CT molecular complexity index is 916. The van der Waals surface area contributed by atoms with Crippen LogP contribution in [-0.4, -0.2) is 62.5 Å². The second-order valence-corrected chi connectivity index (χ2v) is 6.36. The molecule has 1 N–H and O–H groups in total. The summed E-state index contributed by atoms with van der Waals surface area (Å²) in [5.41, 5.74) is 1.65. The summed E-state index contributed by atoms with van der Waals surface area (Å²) < 4.78 is 16.1. The third-order valence-corrected chi connectivity index (χ3v) is 4.23. The number of nitriles is 1. The van der Waals surface area contributed by atoms with Crippen LogP contribution >= 0.6 is 0 Å². The van der Waals surface area contributed by atoms with Gasteiger partial charge in [0.1, 0.15) is 11.8 Å². The summed E-state index contributed by atoms with van der Waals surface area (Å²) in [4.78, 5) is 18.5. The van der Waals surface area contributed by atoms with E-state index in [2.05, 4.69) is 16.4 Å². The SMILES string of the molecule is COc1cc2ncc(C#N)cc2cc1NC(=O)C=CCN(C)CC1OCCO1. The molecule has 1 amide bonds. The molecule has 1 aromatic heterocycles. The summed E-state index contributed by atoms with van der Waals surface area (Å²) in [5.74, 6) is 0.225. The molecule has 0 bridgehead atoms. The Kier molecular flexibility index (Phi) is 6.55. The van der Waals surface area contributed by atoms with Crippen LogP contribution in [0.5, 0.6) is 5.75 Å². The summed E-state index contributed by atoms with van der Waals surface area (Å²) in [6, 6.07) is 7.25. The molecule has 0 saturated carbocycles. The van der Waals surface area contributed by atoms with E-state index in [-0.39, 0.29) is 12.2 Å². The van der Waals surface area contributed by atoms with Crippen LogP contribution in [0, 0.1) is 11.3 Å². The molecule has 0 aliphatic carbocycles. The Balaban J connectivity index is 1.63. The average Bonchev–Trinajstić information content (AvgIpc) is 3.19.